The predicted octanol–water partition coefficient (Wildman–Crippen LogP) is 2.09. The number of carbonyl (C=O) groups is 1. The van der Waals surface area contributed by atoms with Crippen LogP contribution in [0.4, 0.5) is 5.69 Å². The van der Waals surface area contributed by atoms with Crippen molar-refractivity contribution in [3.8, 4) is 11.5 Å². The summed E-state index contributed by atoms with van der Waals surface area (Å²) in [5.74, 6) is 0.666. The lowest BCUT2D eigenvalue weighted by atomic mass is 9.96. The van der Waals surface area contributed by atoms with E-state index in [1.807, 2.05) is 0 Å². The van der Waals surface area contributed by atoms with E-state index in [0.29, 0.717) is 25.6 Å². The van der Waals surface area contributed by atoms with Gasteiger partial charge in [0.05, 0.1) is 24.7 Å². The highest BCUT2D eigenvalue weighted by Crippen LogP contribution is 2.35. The highest BCUT2D eigenvalue weighted by atomic mass is 16.6. The molecule has 1 fully saturated rings. The first kappa shape index (κ1) is 21.9. The molecule has 9 heteroatoms. The molecule has 0 aromatic heterocycles. The van der Waals surface area contributed by atoms with Crippen LogP contribution in [0, 0.1) is 16.0 Å². The molecule has 1 amide bonds. The Morgan fingerprint density at radius 2 is 1.96 bits per heavy atom. The Kier molecular flexibility index (Phi) is 8.46. The van der Waals surface area contributed by atoms with Crippen LogP contribution in [0.25, 0.3) is 0 Å². The standard InChI is InChI=1S/C19H29N3O6/c1-4-20-13-14-5-7-21(8-6-14)19(23)15-11-17(27-3)18(28-10-9-26-2)12-16(15)22(24)25/h11-12,14,20H,4-10,13H2,1-3H3. The molecule has 156 valence electrons. The van der Waals surface area contributed by atoms with Crippen LogP contribution in [-0.2, 0) is 4.74 Å². The Bertz CT molecular complexity index is 674. The zero-order valence-electron chi connectivity index (χ0n) is 16.7. The minimum absolute atomic E-state index is 0.0195. The van der Waals surface area contributed by atoms with Gasteiger partial charge in [0.2, 0.25) is 0 Å². The van der Waals surface area contributed by atoms with Crippen LogP contribution in [0.1, 0.15) is 30.1 Å². The summed E-state index contributed by atoms with van der Waals surface area (Å²) in [6.07, 6.45) is 1.75. The number of methoxy groups -OCH3 is 2. The number of nitro benzene ring substituents is 1. The second-order valence-corrected chi connectivity index (χ2v) is 6.66. The van der Waals surface area contributed by atoms with E-state index >= 15 is 0 Å². The number of hydrogen-bond acceptors (Lipinski definition) is 7. The zero-order valence-corrected chi connectivity index (χ0v) is 16.7. The molecule has 9 nitrogen and oxygen atoms in total. The van der Waals surface area contributed by atoms with E-state index in [0.717, 1.165) is 25.9 Å². The van der Waals surface area contributed by atoms with Crippen LogP contribution in [0.5, 0.6) is 11.5 Å². The summed E-state index contributed by atoms with van der Waals surface area (Å²) < 4.78 is 15.7. The maximum absolute atomic E-state index is 13.0. The smallest absolute Gasteiger partial charge is 0.286 e. The zero-order chi connectivity index (χ0) is 20.5. The van der Waals surface area contributed by atoms with Crippen molar-refractivity contribution >= 4 is 11.6 Å². The number of benzene rings is 1. The number of amides is 1. The molecule has 0 unspecified atom stereocenters. The lowest BCUT2D eigenvalue weighted by molar-refractivity contribution is -0.385. The van der Waals surface area contributed by atoms with Crippen molar-refractivity contribution in [1.29, 1.82) is 0 Å². The highest BCUT2D eigenvalue weighted by Gasteiger charge is 2.30. The molecule has 0 aliphatic carbocycles. The SMILES string of the molecule is CCNCC1CCN(C(=O)c2cc(OC)c(OCCOC)cc2[N+](=O)[O-])CC1. The number of piperidine rings is 1. The molecule has 0 spiro atoms. The van der Waals surface area contributed by atoms with Gasteiger partial charge in [-0.25, -0.2) is 0 Å². The second kappa shape index (κ2) is 10.8. The van der Waals surface area contributed by atoms with Gasteiger partial charge in [0, 0.05) is 26.3 Å². The van der Waals surface area contributed by atoms with Gasteiger partial charge in [-0.1, -0.05) is 6.92 Å². The van der Waals surface area contributed by atoms with Crippen molar-refractivity contribution < 1.29 is 23.9 Å². The minimum Gasteiger partial charge on any atom is -0.493 e. The number of rotatable bonds is 10. The van der Waals surface area contributed by atoms with E-state index < -0.39 is 4.92 Å². The number of hydrogen-bond donors (Lipinski definition) is 1. The fraction of sp³-hybridized carbons (Fsp3) is 0.632. The van der Waals surface area contributed by atoms with E-state index in [2.05, 4.69) is 12.2 Å². The van der Waals surface area contributed by atoms with Crippen LogP contribution in [0.2, 0.25) is 0 Å². The monoisotopic (exact) mass is 395 g/mol. The molecule has 1 aromatic rings. The number of nitrogens with zero attached hydrogens (tertiary/aromatic N) is 2. The van der Waals surface area contributed by atoms with Crippen LogP contribution >= 0.6 is 0 Å². The fourth-order valence-electron chi connectivity index (χ4n) is 3.24. The molecular formula is C19H29N3O6. The summed E-state index contributed by atoms with van der Waals surface area (Å²) >= 11 is 0. The summed E-state index contributed by atoms with van der Waals surface area (Å²) in [7, 11) is 2.97. The Morgan fingerprint density at radius 1 is 1.25 bits per heavy atom. The number of nitrogens with one attached hydrogen (secondary N) is 1. The fourth-order valence-corrected chi connectivity index (χ4v) is 3.24. The number of ether oxygens (including phenoxy) is 3. The molecule has 1 aliphatic rings. The van der Waals surface area contributed by atoms with Crippen LogP contribution in [0.3, 0.4) is 0 Å². The van der Waals surface area contributed by atoms with E-state index in [9.17, 15) is 14.9 Å². The maximum atomic E-state index is 13.0. The largest absolute Gasteiger partial charge is 0.493 e. The number of carbonyl (C=O) groups excluding carboxylic acids is 1. The first-order valence-electron chi connectivity index (χ1n) is 9.49. The first-order valence-corrected chi connectivity index (χ1v) is 9.49. The van der Waals surface area contributed by atoms with E-state index in [1.54, 1.807) is 4.90 Å². The van der Waals surface area contributed by atoms with Gasteiger partial charge in [-0.05, 0) is 31.8 Å². The molecule has 0 saturated carbocycles. The van der Waals surface area contributed by atoms with E-state index in [-0.39, 0.29) is 35.3 Å². The van der Waals surface area contributed by atoms with Gasteiger partial charge >= 0.3 is 0 Å². The van der Waals surface area contributed by atoms with Gasteiger partial charge in [0.15, 0.2) is 11.5 Å². The van der Waals surface area contributed by atoms with Gasteiger partial charge in [-0.3, -0.25) is 14.9 Å². The van der Waals surface area contributed by atoms with Crippen LogP contribution in [0.15, 0.2) is 12.1 Å². The minimum atomic E-state index is -0.562. The molecule has 1 aliphatic heterocycles. The van der Waals surface area contributed by atoms with Gasteiger partial charge in [-0.15, -0.1) is 0 Å². The molecule has 1 aromatic carbocycles. The average Bonchev–Trinajstić information content (AvgIpc) is 2.71. The molecule has 1 saturated heterocycles. The molecular weight excluding hydrogens is 366 g/mol. The van der Waals surface area contributed by atoms with Crippen molar-refractivity contribution in [2.75, 3.05) is 53.6 Å². The lowest BCUT2D eigenvalue weighted by Gasteiger charge is -2.32. The average molecular weight is 395 g/mol. The van der Waals surface area contributed by atoms with Gasteiger partial charge in [-0.2, -0.15) is 0 Å². The Balaban J connectivity index is 2.19. The third kappa shape index (κ3) is 5.56. The number of likely N-dealkylation sites (tertiary alicyclic amines) is 1. The van der Waals surface area contributed by atoms with Gasteiger partial charge in [0.1, 0.15) is 12.2 Å². The Labute approximate surface area is 165 Å². The summed E-state index contributed by atoms with van der Waals surface area (Å²) in [6.45, 7) is 5.63. The summed E-state index contributed by atoms with van der Waals surface area (Å²) in [5, 5.41) is 14.9. The molecule has 28 heavy (non-hydrogen) atoms. The number of nitro groups is 1. The topological polar surface area (TPSA) is 103 Å². The Morgan fingerprint density at radius 3 is 2.54 bits per heavy atom. The van der Waals surface area contributed by atoms with Crippen molar-refractivity contribution in [2.45, 2.75) is 19.8 Å². The summed E-state index contributed by atoms with van der Waals surface area (Å²) in [6, 6.07) is 2.65. The van der Waals surface area contributed by atoms with Crippen molar-refractivity contribution in [3.63, 3.8) is 0 Å². The van der Waals surface area contributed by atoms with E-state index in [4.69, 9.17) is 14.2 Å². The van der Waals surface area contributed by atoms with Crippen molar-refractivity contribution in [2.24, 2.45) is 5.92 Å². The maximum Gasteiger partial charge on any atom is 0.286 e. The van der Waals surface area contributed by atoms with Crippen molar-refractivity contribution in [1.82, 2.24) is 10.2 Å². The Hall–Kier alpha value is -2.39. The molecule has 0 bridgehead atoms. The van der Waals surface area contributed by atoms with Crippen molar-refractivity contribution in [3.05, 3.63) is 27.8 Å². The summed E-state index contributed by atoms with van der Waals surface area (Å²) in [4.78, 5) is 25.7. The molecule has 1 N–H and O–H groups in total. The molecule has 2 rings (SSSR count). The lowest BCUT2D eigenvalue weighted by Crippen LogP contribution is -2.41. The summed E-state index contributed by atoms with van der Waals surface area (Å²) in [5.41, 5.74) is -0.265. The van der Waals surface area contributed by atoms with Gasteiger partial charge < -0.3 is 24.4 Å². The van der Waals surface area contributed by atoms with Crippen LogP contribution in [-0.4, -0.2) is 69.3 Å². The van der Waals surface area contributed by atoms with Gasteiger partial charge in [0.25, 0.3) is 11.6 Å². The predicted molar refractivity (Wildman–Crippen MR) is 104 cm³/mol. The molecule has 0 atom stereocenters. The third-order valence-electron chi connectivity index (χ3n) is 4.84. The van der Waals surface area contributed by atoms with Crippen LogP contribution < -0.4 is 14.8 Å². The third-order valence-corrected chi connectivity index (χ3v) is 4.84. The quantitative estimate of drug-likeness (QED) is 0.367. The molecule has 0 radical (unpaired) electrons. The second-order valence-electron chi connectivity index (χ2n) is 6.66. The van der Waals surface area contributed by atoms with E-state index in [1.165, 1.54) is 26.4 Å². The normalized spacial score (nSPS) is 14.8. The molecule has 1 heterocycles. The highest BCUT2D eigenvalue weighted by molar-refractivity contribution is 5.99. The first-order chi connectivity index (χ1) is 13.5.